The van der Waals surface area contributed by atoms with Crippen LogP contribution in [0, 0.1) is 20.8 Å². The molecule has 2 heteroatoms. The predicted molar refractivity (Wildman–Crippen MR) is 81.4 cm³/mol. The van der Waals surface area contributed by atoms with Crippen molar-refractivity contribution in [3.8, 4) is 0 Å². The average Bonchev–Trinajstić information content (AvgIpc) is 2.80. The minimum Gasteiger partial charge on any atom is -0.310 e. The molecular formula is C17H26N2. The van der Waals surface area contributed by atoms with Crippen molar-refractivity contribution in [3.63, 3.8) is 0 Å². The highest BCUT2D eigenvalue weighted by molar-refractivity contribution is 5.33. The predicted octanol–water partition coefficient (Wildman–Crippen LogP) is 4.16. The number of nitrogens with one attached hydrogen (secondary N) is 1. The van der Waals surface area contributed by atoms with E-state index in [9.17, 15) is 0 Å². The zero-order valence-electron chi connectivity index (χ0n) is 12.7. The van der Waals surface area contributed by atoms with Gasteiger partial charge in [-0.15, -0.1) is 0 Å². The Morgan fingerprint density at radius 3 is 2.74 bits per heavy atom. The highest BCUT2D eigenvalue weighted by Crippen LogP contribution is 2.23. The summed E-state index contributed by atoms with van der Waals surface area (Å²) in [4.78, 5) is 4.59. The van der Waals surface area contributed by atoms with Crippen LogP contribution in [0.25, 0.3) is 0 Å². The van der Waals surface area contributed by atoms with E-state index in [-0.39, 0.29) is 0 Å². The highest BCUT2D eigenvalue weighted by atomic mass is 14.9. The van der Waals surface area contributed by atoms with Crippen molar-refractivity contribution in [2.45, 2.75) is 59.4 Å². The van der Waals surface area contributed by atoms with Crippen LogP contribution in [0.2, 0.25) is 0 Å². The maximum Gasteiger partial charge on any atom is 0.0426 e. The summed E-state index contributed by atoms with van der Waals surface area (Å²) >= 11 is 0. The van der Waals surface area contributed by atoms with Crippen LogP contribution < -0.4 is 5.32 Å². The lowest BCUT2D eigenvalue weighted by Gasteiger charge is -2.19. The van der Waals surface area contributed by atoms with Gasteiger partial charge in [-0.05, 0) is 77.1 Å². The van der Waals surface area contributed by atoms with Crippen LogP contribution in [0.1, 0.15) is 61.2 Å². The van der Waals surface area contributed by atoms with Gasteiger partial charge in [-0.1, -0.05) is 11.6 Å². The first-order valence-electron chi connectivity index (χ1n) is 7.44. The summed E-state index contributed by atoms with van der Waals surface area (Å²) in [6.45, 7) is 9.69. The minimum atomic E-state index is 0.384. The van der Waals surface area contributed by atoms with Crippen LogP contribution in [-0.2, 0) is 0 Å². The molecule has 104 valence electrons. The number of nitrogens with zero attached hydrogens (tertiary/aromatic N) is 1. The van der Waals surface area contributed by atoms with Crippen molar-refractivity contribution >= 4 is 0 Å². The Balaban J connectivity index is 1.94. The molecule has 0 aliphatic heterocycles. The number of hydrogen-bond donors (Lipinski definition) is 1. The van der Waals surface area contributed by atoms with Gasteiger partial charge >= 0.3 is 0 Å². The van der Waals surface area contributed by atoms with Gasteiger partial charge in [0.1, 0.15) is 0 Å². The van der Waals surface area contributed by atoms with Gasteiger partial charge in [0.2, 0.25) is 0 Å². The molecule has 1 N–H and O–H groups in total. The maximum absolute atomic E-state index is 4.59. The van der Waals surface area contributed by atoms with E-state index in [1.165, 1.54) is 36.8 Å². The molecule has 1 atom stereocenters. The fraction of sp³-hybridized carbons (Fsp3) is 0.588. The van der Waals surface area contributed by atoms with Gasteiger partial charge in [-0.2, -0.15) is 0 Å². The normalized spacial score (nSPS) is 16.5. The lowest BCUT2D eigenvalue weighted by molar-refractivity contribution is 0.565. The first-order chi connectivity index (χ1) is 9.08. The van der Waals surface area contributed by atoms with Crippen molar-refractivity contribution in [2.24, 2.45) is 0 Å². The number of rotatable bonds is 5. The Morgan fingerprint density at radius 2 is 2.11 bits per heavy atom. The summed E-state index contributed by atoms with van der Waals surface area (Å²) in [5.74, 6) is 0. The van der Waals surface area contributed by atoms with Crippen LogP contribution in [0.3, 0.4) is 0 Å². The number of aryl methyl sites for hydroxylation is 3. The standard InChI is InChI=1S/C17H26N2/c1-12-11-13(2)19-15(4)17(12)14(3)18-10-9-16-7-5-6-8-16/h7,11,14,18H,5-6,8-10H2,1-4H3. The monoisotopic (exact) mass is 258 g/mol. The number of aromatic nitrogens is 1. The second-order valence-corrected chi connectivity index (χ2v) is 5.76. The molecule has 1 aromatic rings. The van der Waals surface area contributed by atoms with Crippen LogP contribution in [0.5, 0.6) is 0 Å². The van der Waals surface area contributed by atoms with Crippen LogP contribution >= 0.6 is 0 Å². The Bertz CT molecular complexity index is 451. The second-order valence-electron chi connectivity index (χ2n) is 5.76. The largest absolute Gasteiger partial charge is 0.310 e. The Morgan fingerprint density at radius 1 is 1.32 bits per heavy atom. The molecule has 1 aromatic heterocycles. The van der Waals surface area contributed by atoms with Crippen LogP contribution in [0.4, 0.5) is 0 Å². The van der Waals surface area contributed by atoms with Gasteiger partial charge < -0.3 is 5.32 Å². The lowest BCUT2D eigenvalue weighted by atomic mass is 10.00. The molecule has 2 nitrogen and oxygen atoms in total. The molecule has 19 heavy (non-hydrogen) atoms. The topological polar surface area (TPSA) is 24.9 Å². The van der Waals surface area contributed by atoms with Gasteiger partial charge in [-0.25, -0.2) is 0 Å². The highest BCUT2D eigenvalue weighted by Gasteiger charge is 2.13. The van der Waals surface area contributed by atoms with E-state index in [1.54, 1.807) is 5.57 Å². The molecule has 1 unspecified atom stereocenters. The van der Waals surface area contributed by atoms with Crippen molar-refractivity contribution in [2.75, 3.05) is 6.54 Å². The smallest absolute Gasteiger partial charge is 0.0426 e. The van der Waals surface area contributed by atoms with E-state index in [2.05, 4.69) is 50.1 Å². The zero-order valence-corrected chi connectivity index (χ0v) is 12.7. The summed E-state index contributed by atoms with van der Waals surface area (Å²) in [7, 11) is 0. The number of allylic oxidation sites excluding steroid dienone is 1. The van der Waals surface area contributed by atoms with Gasteiger partial charge in [0.25, 0.3) is 0 Å². The molecule has 0 radical (unpaired) electrons. The van der Waals surface area contributed by atoms with E-state index in [0.717, 1.165) is 17.9 Å². The molecule has 0 spiro atoms. The summed E-state index contributed by atoms with van der Waals surface area (Å²) < 4.78 is 0. The molecule has 1 heterocycles. The second kappa shape index (κ2) is 6.33. The van der Waals surface area contributed by atoms with Gasteiger partial charge in [0.05, 0.1) is 0 Å². The van der Waals surface area contributed by atoms with E-state index < -0.39 is 0 Å². The molecular weight excluding hydrogens is 232 g/mol. The SMILES string of the molecule is Cc1cc(C)c(C(C)NCCC2=CCCC2)c(C)n1. The summed E-state index contributed by atoms with van der Waals surface area (Å²) in [6, 6.07) is 2.56. The number of pyridine rings is 1. The van der Waals surface area contributed by atoms with E-state index in [1.807, 2.05) is 0 Å². The molecule has 0 aromatic carbocycles. The molecule has 2 rings (SSSR count). The minimum absolute atomic E-state index is 0.384. The first kappa shape index (κ1) is 14.3. The van der Waals surface area contributed by atoms with Gasteiger partial charge in [0, 0.05) is 17.4 Å². The van der Waals surface area contributed by atoms with Crippen molar-refractivity contribution in [1.29, 1.82) is 0 Å². The lowest BCUT2D eigenvalue weighted by Crippen LogP contribution is -2.22. The van der Waals surface area contributed by atoms with Crippen molar-refractivity contribution < 1.29 is 0 Å². The third-order valence-electron chi connectivity index (χ3n) is 4.05. The first-order valence-corrected chi connectivity index (χ1v) is 7.44. The van der Waals surface area contributed by atoms with E-state index in [4.69, 9.17) is 0 Å². The van der Waals surface area contributed by atoms with Crippen LogP contribution in [0.15, 0.2) is 17.7 Å². The number of hydrogen-bond acceptors (Lipinski definition) is 2. The van der Waals surface area contributed by atoms with E-state index >= 15 is 0 Å². The Labute approximate surface area is 117 Å². The molecule has 0 saturated carbocycles. The molecule has 0 fully saturated rings. The maximum atomic E-state index is 4.59. The summed E-state index contributed by atoms with van der Waals surface area (Å²) in [5, 5.41) is 3.65. The Kier molecular flexibility index (Phi) is 4.76. The van der Waals surface area contributed by atoms with Crippen molar-refractivity contribution in [1.82, 2.24) is 10.3 Å². The fourth-order valence-corrected chi connectivity index (χ4v) is 3.20. The third-order valence-corrected chi connectivity index (χ3v) is 4.05. The Hall–Kier alpha value is -1.15. The average molecular weight is 258 g/mol. The molecule has 0 bridgehead atoms. The van der Waals surface area contributed by atoms with E-state index in [0.29, 0.717) is 6.04 Å². The van der Waals surface area contributed by atoms with Crippen molar-refractivity contribution in [3.05, 3.63) is 40.2 Å². The van der Waals surface area contributed by atoms with Gasteiger partial charge in [-0.3, -0.25) is 4.98 Å². The van der Waals surface area contributed by atoms with Crippen LogP contribution in [-0.4, -0.2) is 11.5 Å². The molecule has 1 aliphatic rings. The fourth-order valence-electron chi connectivity index (χ4n) is 3.20. The molecule has 1 aliphatic carbocycles. The van der Waals surface area contributed by atoms with Gasteiger partial charge in [0.15, 0.2) is 0 Å². The summed E-state index contributed by atoms with van der Waals surface area (Å²) in [6.07, 6.45) is 7.55. The third kappa shape index (κ3) is 3.66. The summed E-state index contributed by atoms with van der Waals surface area (Å²) in [5.41, 5.74) is 6.63. The molecule has 0 amide bonds. The quantitative estimate of drug-likeness (QED) is 0.802. The zero-order chi connectivity index (χ0) is 13.8. The molecule has 0 saturated heterocycles.